The Morgan fingerprint density at radius 2 is 1.36 bits per heavy atom. The van der Waals surface area contributed by atoms with Crippen LogP contribution in [0.15, 0.2) is 48.5 Å². The largest absolute Gasteiger partial charge is 0.494 e. The highest BCUT2D eigenvalue weighted by molar-refractivity contribution is 5.92. The van der Waals surface area contributed by atoms with Crippen molar-refractivity contribution in [3.63, 3.8) is 0 Å². The summed E-state index contributed by atoms with van der Waals surface area (Å²) in [5.74, 6) is 0.758. The Balaban J connectivity index is 1.52. The summed E-state index contributed by atoms with van der Waals surface area (Å²) >= 11 is 0. The van der Waals surface area contributed by atoms with Crippen LogP contribution in [0.25, 0.3) is 0 Å². The summed E-state index contributed by atoms with van der Waals surface area (Å²) in [6, 6.07) is 15.0. The number of rotatable bonds is 18. The fourth-order valence-electron chi connectivity index (χ4n) is 4.00. The van der Waals surface area contributed by atoms with Crippen molar-refractivity contribution < 1.29 is 14.6 Å². The molecule has 2 N–H and O–H groups in total. The van der Waals surface area contributed by atoms with E-state index in [1.807, 2.05) is 36.4 Å². The van der Waals surface area contributed by atoms with Gasteiger partial charge in [0.15, 0.2) is 0 Å². The average molecular weight is 454 g/mol. The number of carbonyl (C=O) groups excluding carboxylic acids is 1. The molecule has 4 heteroatoms. The quantitative estimate of drug-likeness (QED) is 0.231. The van der Waals surface area contributed by atoms with Gasteiger partial charge in [0.25, 0.3) is 0 Å². The molecule has 0 heterocycles. The Kier molecular flexibility index (Phi) is 14.0. The summed E-state index contributed by atoms with van der Waals surface area (Å²) in [6.07, 6.45) is 16.4. The first kappa shape index (κ1) is 26.9. The van der Waals surface area contributed by atoms with E-state index >= 15 is 0 Å². The van der Waals surface area contributed by atoms with Gasteiger partial charge in [-0.2, -0.15) is 0 Å². The SMILES string of the molecule is CCCCCCCCCCCCCCOc1ccc(CC(=O)Nc2ccccc2CO)cc1. The second-order valence-electron chi connectivity index (χ2n) is 8.92. The number of nitrogens with one attached hydrogen (secondary N) is 1. The van der Waals surface area contributed by atoms with E-state index in [0.29, 0.717) is 17.7 Å². The molecule has 0 atom stereocenters. The number of carbonyl (C=O) groups is 1. The van der Waals surface area contributed by atoms with Crippen LogP contribution < -0.4 is 10.1 Å². The maximum atomic E-state index is 12.3. The Morgan fingerprint density at radius 3 is 1.97 bits per heavy atom. The first-order valence-electron chi connectivity index (χ1n) is 12.9. The van der Waals surface area contributed by atoms with Crippen LogP contribution in [0.5, 0.6) is 5.75 Å². The minimum absolute atomic E-state index is 0.0956. The number of anilines is 1. The molecule has 182 valence electrons. The first-order valence-corrected chi connectivity index (χ1v) is 12.9. The molecule has 0 aromatic heterocycles. The smallest absolute Gasteiger partial charge is 0.228 e. The Morgan fingerprint density at radius 1 is 0.788 bits per heavy atom. The fraction of sp³-hybridized carbons (Fsp3) is 0.552. The van der Waals surface area contributed by atoms with Gasteiger partial charge in [0, 0.05) is 11.3 Å². The molecular formula is C29H43NO3. The average Bonchev–Trinajstić information content (AvgIpc) is 2.83. The van der Waals surface area contributed by atoms with Crippen LogP contribution in [-0.4, -0.2) is 17.6 Å². The summed E-state index contributed by atoms with van der Waals surface area (Å²) in [6.45, 7) is 2.92. The molecule has 0 unspecified atom stereocenters. The molecule has 0 bridgehead atoms. The summed E-state index contributed by atoms with van der Waals surface area (Å²) in [5.41, 5.74) is 2.31. The lowest BCUT2D eigenvalue weighted by Crippen LogP contribution is -2.15. The molecule has 33 heavy (non-hydrogen) atoms. The Hall–Kier alpha value is -2.33. The highest BCUT2D eigenvalue weighted by Gasteiger charge is 2.07. The number of aliphatic hydroxyl groups is 1. The highest BCUT2D eigenvalue weighted by atomic mass is 16.5. The lowest BCUT2D eigenvalue weighted by atomic mass is 10.1. The zero-order valence-corrected chi connectivity index (χ0v) is 20.5. The van der Waals surface area contributed by atoms with Gasteiger partial charge in [0.1, 0.15) is 5.75 Å². The first-order chi connectivity index (χ1) is 16.2. The van der Waals surface area contributed by atoms with E-state index in [1.54, 1.807) is 12.1 Å². The monoisotopic (exact) mass is 453 g/mol. The Bertz CT molecular complexity index is 773. The van der Waals surface area contributed by atoms with Gasteiger partial charge in [-0.3, -0.25) is 4.79 Å². The van der Waals surface area contributed by atoms with Crippen LogP contribution >= 0.6 is 0 Å². The third kappa shape index (κ3) is 11.9. The van der Waals surface area contributed by atoms with Gasteiger partial charge < -0.3 is 15.2 Å². The van der Waals surface area contributed by atoms with Gasteiger partial charge in [-0.25, -0.2) is 0 Å². The maximum absolute atomic E-state index is 12.3. The zero-order chi connectivity index (χ0) is 23.6. The highest BCUT2D eigenvalue weighted by Crippen LogP contribution is 2.17. The van der Waals surface area contributed by atoms with Gasteiger partial charge >= 0.3 is 0 Å². The maximum Gasteiger partial charge on any atom is 0.228 e. The minimum atomic E-state index is -0.0962. The second-order valence-corrected chi connectivity index (χ2v) is 8.92. The van der Waals surface area contributed by atoms with Crippen molar-refractivity contribution in [2.45, 2.75) is 97.0 Å². The van der Waals surface area contributed by atoms with Crippen molar-refractivity contribution in [1.82, 2.24) is 0 Å². The van der Waals surface area contributed by atoms with Crippen LogP contribution in [0.1, 0.15) is 95.1 Å². The molecule has 2 aromatic carbocycles. The summed E-state index contributed by atoms with van der Waals surface area (Å²) < 4.78 is 5.86. The minimum Gasteiger partial charge on any atom is -0.494 e. The van der Waals surface area contributed by atoms with Crippen LogP contribution in [0, 0.1) is 0 Å². The standard InChI is InChI=1S/C29H43NO3/c1-2-3-4-5-6-7-8-9-10-11-12-15-22-33-27-20-18-25(19-21-27)23-29(32)30-28-17-14-13-16-26(28)24-31/h13-14,16-21,31H,2-12,15,22-24H2,1H3,(H,30,32). The molecule has 1 amide bonds. The van der Waals surface area contributed by atoms with Crippen molar-refractivity contribution in [3.05, 3.63) is 59.7 Å². The van der Waals surface area contributed by atoms with Crippen LogP contribution in [0.2, 0.25) is 0 Å². The number of aliphatic hydroxyl groups excluding tert-OH is 1. The summed E-state index contributed by atoms with van der Waals surface area (Å²) in [4.78, 5) is 12.3. The number of ether oxygens (including phenoxy) is 1. The summed E-state index contributed by atoms with van der Waals surface area (Å²) in [5, 5.41) is 12.3. The fourth-order valence-corrected chi connectivity index (χ4v) is 4.00. The van der Waals surface area contributed by atoms with E-state index < -0.39 is 0 Å². The molecule has 0 spiro atoms. The molecule has 0 radical (unpaired) electrons. The molecule has 0 aliphatic heterocycles. The third-order valence-corrected chi connectivity index (χ3v) is 6.02. The predicted octanol–water partition coefficient (Wildman–Crippen LogP) is 7.44. The number of hydrogen-bond acceptors (Lipinski definition) is 3. The predicted molar refractivity (Wildman–Crippen MR) is 138 cm³/mol. The molecule has 0 aliphatic rings. The van der Waals surface area contributed by atoms with E-state index in [-0.39, 0.29) is 12.5 Å². The van der Waals surface area contributed by atoms with E-state index in [9.17, 15) is 9.90 Å². The van der Waals surface area contributed by atoms with E-state index in [2.05, 4.69) is 12.2 Å². The number of benzene rings is 2. The second kappa shape index (κ2) is 17.2. The number of para-hydroxylation sites is 1. The van der Waals surface area contributed by atoms with Gasteiger partial charge in [-0.1, -0.05) is 108 Å². The number of unbranched alkanes of at least 4 members (excludes halogenated alkanes) is 11. The third-order valence-electron chi connectivity index (χ3n) is 6.02. The van der Waals surface area contributed by atoms with Crippen LogP contribution in [0.4, 0.5) is 5.69 Å². The van der Waals surface area contributed by atoms with Crippen molar-refractivity contribution in [3.8, 4) is 5.75 Å². The van der Waals surface area contributed by atoms with Crippen molar-refractivity contribution in [1.29, 1.82) is 0 Å². The lowest BCUT2D eigenvalue weighted by molar-refractivity contribution is -0.115. The van der Waals surface area contributed by atoms with E-state index in [1.165, 1.54) is 70.6 Å². The molecule has 0 fully saturated rings. The molecular weight excluding hydrogens is 410 g/mol. The molecule has 0 saturated heterocycles. The van der Waals surface area contributed by atoms with Crippen LogP contribution in [0.3, 0.4) is 0 Å². The Labute approximate surface area is 200 Å². The number of hydrogen-bond donors (Lipinski definition) is 2. The summed E-state index contributed by atoms with van der Waals surface area (Å²) in [7, 11) is 0. The molecule has 0 saturated carbocycles. The molecule has 0 aliphatic carbocycles. The van der Waals surface area contributed by atoms with Gasteiger partial charge in [-0.05, 0) is 30.2 Å². The molecule has 2 rings (SSSR count). The molecule has 2 aromatic rings. The van der Waals surface area contributed by atoms with Crippen molar-refractivity contribution in [2.75, 3.05) is 11.9 Å². The van der Waals surface area contributed by atoms with Gasteiger partial charge in [-0.15, -0.1) is 0 Å². The molecule has 4 nitrogen and oxygen atoms in total. The zero-order valence-electron chi connectivity index (χ0n) is 20.5. The lowest BCUT2D eigenvalue weighted by Gasteiger charge is -2.10. The van der Waals surface area contributed by atoms with Gasteiger partial charge in [0.2, 0.25) is 5.91 Å². The van der Waals surface area contributed by atoms with Gasteiger partial charge in [0.05, 0.1) is 19.6 Å². The topological polar surface area (TPSA) is 58.6 Å². The van der Waals surface area contributed by atoms with Crippen molar-refractivity contribution >= 4 is 11.6 Å². The van der Waals surface area contributed by atoms with Crippen molar-refractivity contribution in [2.24, 2.45) is 0 Å². The van der Waals surface area contributed by atoms with E-state index in [0.717, 1.165) is 24.3 Å². The number of amides is 1. The normalized spacial score (nSPS) is 10.8. The van der Waals surface area contributed by atoms with E-state index in [4.69, 9.17) is 4.74 Å². The van der Waals surface area contributed by atoms with Crippen LogP contribution in [-0.2, 0) is 17.8 Å².